The lowest BCUT2D eigenvalue weighted by Gasteiger charge is -2.11. The molecule has 7 heteroatoms. The van der Waals surface area contributed by atoms with Gasteiger partial charge in [-0.25, -0.2) is 19.3 Å². The van der Waals surface area contributed by atoms with E-state index in [-0.39, 0.29) is 11.8 Å². The normalized spacial score (nSPS) is 10.8. The molecule has 0 saturated heterocycles. The first-order chi connectivity index (χ1) is 13.6. The number of aromatic nitrogens is 3. The van der Waals surface area contributed by atoms with Gasteiger partial charge in [0.1, 0.15) is 17.0 Å². The summed E-state index contributed by atoms with van der Waals surface area (Å²) in [6.07, 6.45) is 0. The standard InChI is InChI=1S/C21H17FN4O2/c1-27-17-10-5-13(11-18(17)28-2)19-20-16(25-21(23)26-19)9-8-15(24-20)12-3-6-14(22)7-4-12/h3-11H,1-2H3,(H2,23,25,26). The van der Waals surface area contributed by atoms with E-state index in [0.29, 0.717) is 33.9 Å². The van der Waals surface area contributed by atoms with Gasteiger partial charge in [0.05, 0.1) is 25.4 Å². The number of anilines is 1. The molecular weight excluding hydrogens is 359 g/mol. The number of halogens is 1. The van der Waals surface area contributed by atoms with Crippen molar-refractivity contribution >= 4 is 17.0 Å². The van der Waals surface area contributed by atoms with Gasteiger partial charge in [0.2, 0.25) is 5.95 Å². The summed E-state index contributed by atoms with van der Waals surface area (Å²) in [5, 5.41) is 0. The molecule has 0 amide bonds. The van der Waals surface area contributed by atoms with E-state index in [2.05, 4.69) is 9.97 Å². The molecule has 2 heterocycles. The molecule has 0 aliphatic heterocycles. The summed E-state index contributed by atoms with van der Waals surface area (Å²) in [5.74, 6) is 1.03. The SMILES string of the molecule is COc1ccc(-c2nc(N)nc3ccc(-c4ccc(F)cc4)nc23)cc1OC. The number of fused-ring (bicyclic) bond motifs is 1. The van der Waals surface area contributed by atoms with Gasteiger partial charge in [0.25, 0.3) is 0 Å². The predicted molar refractivity (Wildman–Crippen MR) is 106 cm³/mol. The zero-order valence-electron chi connectivity index (χ0n) is 15.3. The number of rotatable bonds is 4. The fourth-order valence-electron chi connectivity index (χ4n) is 3.00. The van der Waals surface area contributed by atoms with E-state index in [4.69, 9.17) is 20.2 Å². The zero-order chi connectivity index (χ0) is 19.7. The fourth-order valence-corrected chi connectivity index (χ4v) is 3.00. The van der Waals surface area contributed by atoms with E-state index >= 15 is 0 Å². The molecule has 0 radical (unpaired) electrons. The maximum absolute atomic E-state index is 13.2. The Bertz CT molecular complexity index is 1160. The Balaban J connectivity index is 1.92. The average Bonchev–Trinajstić information content (AvgIpc) is 2.73. The minimum absolute atomic E-state index is 0.147. The summed E-state index contributed by atoms with van der Waals surface area (Å²) >= 11 is 0. The van der Waals surface area contributed by atoms with Crippen LogP contribution in [0.15, 0.2) is 54.6 Å². The number of hydrogen-bond donors (Lipinski definition) is 1. The molecule has 2 N–H and O–H groups in total. The highest BCUT2D eigenvalue weighted by Crippen LogP contribution is 2.34. The van der Waals surface area contributed by atoms with Gasteiger partial charge < -0.3 is 15.2 Å². The lowest BCUT2D eigenvalue weighted by Crippen LogP contribution is -2.00. The van der Waals surface area contributed by atoms with Gasteiger partial charge in [-0.3, -0.25) is 0 Å². The monoisotopic (exact) mass is 376 g/mol. The second kappa shape index (κ2) is 7.11. The summed E-state index contributed by atoms with van der Waals surface area (Å²) in [5.41, 5.74) is 9.92. The first-order valence-electron chi connectivity index (χ1n) is 8.51. The van der Waals surface area contributed by atoms with Gasteiger partial charge in [-0.05, 0) is 54.6 Å². The van der Waals surface area contributed by atoms with E-state index in [0.717, 1.165) is 11.1 Å². The highest BCUT2D eigenvalue weighted by atomic mass is 19.1. The largest absolute Gasteiger partial charge is 0.493 e. The Morgan fingerprint density at radius 1 is 0.786 bits per heavy atom. The van der Waals surface area contributed by atoms with Crippen molar-refractivity contribution in [1.82, 2.24) is 15.0 Å². The van der Waals surface area contributed by atoms with E-state index in [1.165, 1.54) is 12.1 Å². The van der Waals surface area contributed by atoms with E-state index in [9.17, 15) is 4.39 Å². The molecule has 2 aromatic carbocycles. The summed E-state index contributed by atoms with van der Waals surface area (Å²) in [6, 6.07) is 15.3. The first-order valence-corrected chi connectivity index (χ1v) is 8.51. The molecule has 140 valence electrons. The third-order valence-corrected chi connectivity index (χ3v) is 4.36. The van der Waals surface area contributed by atoms with Crippen LogP contribution in [0.4, 0.5) is 10.3 Å². The Kier molecular flexibility index (Phi) is 4.49. The quantitative estimate of drug-likeness (QED) is 0.577. The van der Waals surface area contributed by atoms with Crippen LogP contribution in [0, 0.1) is 5.82 Å². The number of ether oxygens (including phenoxy) is 2. The molecule has 0 saturated carbocycles. The van der Waals surface area contributed by atoms with Crippen LogP contribution >= 0.6 is 0 Å². The van der Waals surface area contributed by atoms with E-state index < -0.39 is 0 Å². The van der Waals surface area contributed by atoms with Crippen LogP contribution in [0.25, 0.3) is 33.5 Å². The fraction of sp³-hybridized carbons (Fsp3) is 0.0952. The number of nitrogens with zero attached hydrogens (tertiary/aromatic N) is 3. The Hall–Kier alpha value is -3.74. The Morgan fingerprint density at radius 3 is 2.21 bits per heavy atom. The van der Waals surface area contributed by atoms with Crippen molar-refractivity contribution in [2.75, 3.05) is 20.0 Å². The summed E-state index contributed by atoms with van der Waals surface area (Å²) < 4.78 is 23.9. The molecule has 2 aromatic heterocycles. The highest BCUT2D eigenvalue weighted by Gasteiger charge is 2.14. The molecule has 0 fully saturated rings. The van der Waals surface area contributed by atoms with Crippen LogP contribution in [0.5, 0.6) is 11.5 Å². The van der Waals surface area contributed by atoms with Crippen LogP contribution in [0.2, 0.25) is 0 Å². The Morgan fingerprint density at radius 2 is 1.50 bits per heavy atom. The van der Waals surface area contributed by atoms with Gasteiger partial charge >= 0.3 is 0 Å². The molecule has 6 nitrogen and oxygen atoms in total. The lowest BCUT2D eigenvalue weighted by atomic mass is 10.1. The second-order valence-electron chi connectivity index (χ2n) is 6.07. The zero-order valence-corrected chi connectivity index (χ0v) is 15.3. The first kappa shape index (κ1) is 17.7. The van der Waals surface area contributed by atoms with Gasteiger partial charge in [-0.1, -0.05) is 0 Å². The van der Waals surface area contributed by atoms with Gasteiger partial charge in [0.15, 0.2) is 11.5 Å². The third kappa shape index (κ3) is 3.18. The maximum Gasteiger partial charge on any atom is 0.221 e. The molecular formula is C21H17FN4O2. The topological polar surface area (TPSA) is 83.2 Å². The molecule has 0 aliphatic carbocycles. The third-order valence-electron chi connectivity index (χ3n) is 4.36. The van der Waals surface area contributed by atoms with Crippen LogP contribution in [0.3, 0.4) is 0 Å². The molecule has 0 unspecified atom stereocenters. The van der Waals surface area contributed by atoms with Crippen LogP contribution in [-0.4, -0.2) is 29.2 Å². The molecule has 4 rings (SSSR count). The number of methoxy groups -OCH3 is 2. The van der Waals surface area contributed by atoms with Crippen LogP contribution in [0.1, 0.15) is 0 Å². The average molecular weight is 376 g/mol. The maximum atomic E-state index is 13.2. The van der Waals surface area contributed by atoms with Crippen molar-refractivity contribution in [3.8, 4) is 34.0 Å². The molecule has 0 spiro atoms. The minimum Gasteiger partial charge on any atom is -0.493 e. The highest BCUT2D eigenvalue weighted by molar-refractivity contribution is 5.91. The summed E-state index contributed by atoms with van der Waals surface area (Å²) in [4.78, 5) is 13.4. The second-order valence-corrected chi connectivity index (χ2v) is 6.07. The van der Waals surface area contributed by atoms with Crippen LogP contribution < -0.4 is 15.2 Å². The van der Waals surface area contributed by atoms with Crippen molar-refractivity contribution in [1.29, 1.82) is 0 Å². The molecule has 4 aromatic rings. The smallest absolute Gasteiger partial charge is 0.221 e. The van der Waals surface area contributed by atoms with E-state index in [1.807, 2.05) is 24.3 Å². The van der Waals surface area contributed by atoms with Crippen molar-refractivity contribution in [3.63, 3.8) is 0 Å². The van der Waals surface area contributed by atoms with Gasteiger partial charge in [-0.15, -0.1) is 0 Å². The van der Waals surface area contributed by atoms with Crippen molar-refractivity contribution in [2.24, 2.45) is 0 Å². The lowest BCUT2D eigenvalue weighted by molar-refractivity contribution is 0.355. The molecule has 28 heavy (non-hydrogen) atoms. The van der Waals surface area contributed by atoms with Gasteiger partial charge in [0, 0.05) is 11.1 Å². The number of nitrogens with two attached hydrogens (primary N) is 1. The predicted octanol–water partition coefficient (Wildman–Crippen LogP) is 4.10. The van der Waals surface area contributed by atoms with Crippen LogP contribution in [-0.2, 0) is 0 Å². The summed E-state index contributed by atoms with van der Waals surface area (Å²) in [7, 11) is 3.14. The Labute approximate surface area is 160 Å². The number of nitrogen functional groups attached to an aromatic ring is 1. The summed E-state index contributed by atoms with van der Waals surface area (Å²) in [6.45, 7) is 0. The minimum atomic E-state index is -0.299. The number of pyridine rings is 1. The molecule has 0 atom stereocenters. The molecule has 0 aliphatic rings. The van der Waals surface area contributed by atoms with Gasteiger partial charge in [-0.2, -0.15) is 0 Å². The number of benzene rings is 2. The molecule has 0 bridgehead atoms. The van der Waals surface area contributed by atoms with Crippen molar-refractivity contribution in [3.05, 3.63) is 60.4 Å². The number of hydrogen-bond acceptors (Lipinski definition) is 6. The van der Waals surface area contributed by atoms with Crippen molar-refractivity contribution < 1.29 is 13.9 Å². The van der Waals surface area contributed by atoms with Crippen molar-refractivity contribution in [2.45, 2.75) is 0 Å². The van der Waals surface area contributed by atoms with E-state index in [1.54, 1.807) is 32.4 Å².